The quantitative estimate of drug-likeness (QED) is 0.652. The van der Waals surface area contributed by atoms with Gasteiger partial charge in [-0.05, 0) is 25.1 Å². The van der Waals surface area contributed by atoms with Crippen molar-refractivity contribution in [2.24, 2.45) is 0 Å². The van der Waals surface area contributed by atoms with Gasteiger partial charge in [0, 0.05) is 36.0 Å². The van der Waals surface area contributed by atoms with Gasteiger partial charge in [-0.3, -0.25) is 15.1 Å². The molecule has 2 rings (SSSR count). The van der Waals surface area contributed by atoms with Crippen LogP contribution in [0.25, 0.3) is 0 Å². The highest BCUT2D eigenvalue weighted by molar-refractivity contribution is 5.44. The highest BCUT2D eigenvalue weighted by atomic mass is 16.6. The first kappa shape index (κ1) is 14.9. The van der Waals surface area contributed by atoms with Crippen molar-refractivity contribution < 1.29 is 14.8 Å². The zero-order chi connectivity index (χ0) is 15.2. The van der Waals surface area contributed by atoms with E-state index in [0.717, 1.165) is 5.69 Å². The first-order valence-corrected chi connectivity index (χ1v) is 6.57. The molecule has 110 valence electrons. The Balaban J connectivity index is 2.07. The number of ether oxygens (including phenoxy) is 1. The van der Waals surface area contributed by atoms with Crippen LogP contribution in [0.15, 0.2) is 42.6 Å². The molecule has 0 aliphatic rings. The fourth-order valence-corrected chi connectivity index (χ4v) is 1.92. The summed E-state index contributed by atoms with van der Waals surface area (Å²) in [7, 11) is 0. The van der Waals surface area contributed by atoms with E-state index < -0.39 is 11.0 Å². The second kappa shape index (κ2) is 6.81. The molecule has 1 aromatic heterocycles. The fraction of sp³-hybridized carbons (Fsp3) is 0.267. The van der Waals surface area contributed by atoms with Gasteiger partial charge in [-0.2, -0.15) is 0 Å². The van der Waals surface area contributed by atoms with E-state index in [1.165, 1.54) is 18.2 Å². The minimum atomic E-state index is -0.838. The lowest BCUT2D eigenvalue weighted by atomic mass is 10.1. The maximum absolute atomic E-state index is 10.8. The zero-order valence-electron chi connectivity index (χ0n) is 11.6. The normalized spacial score (nSPS) is 11.9. The summed E-state index contributed by atoms with van der Waals surface area (Å²) in [5, 5.41) is 20.5. The predicted molar refractivity (Wildman–Crippen MR) is 77.2 cm³/mol. The topological polar surface area (TPSA) is 85.5 Å². The highest BCUT2D eigenvalue weighted by Crippen LogP contribution is 2.29. The standard InChI is InChI=1S/C15H16N2O4/c1-11(18)14-10-13(17(19)20)5-6-15(14)21-9-7-12-4-2-3-8-16-12/h2-6,8,10-11,18H,7,9H2,1H3. The van der Waals surface area contributed by atoms with Gasteiger partial charge in [0.2, 0.25) is 0 Å². The number of aliphatic hydroxyl groups is 1. The number of nitrogens with zero attached hydrogens (tertiary/aromatic N) is 2. The van der Waals surface area contributed by atoms with Crippen molar-refractivity contribution in [2.45, 2.75) is 19.4 Å². The number of benzene rings is 1. The molecule has 0 fully saturated rings. The molecule has 6 nitrogen and oxygen atoms in total. The number of aromatic nitrogens is 1. The maximum Gasteiger partial charge on any atom is 0.270 e. The number of nitro benzene ring substituents is 1. The summed E-state index contributed by atoms with van der Waals surface area (Å²) < 4.78 is 5.61. The maximum atomic E-state index is 10.8. The van der Waals surface area contributed by atoms with Crippen LogP contribution in [0.5, 0.6) is 5.75 Å². The third-order valence-corrected chi connectivity index (χ3v) is 3.00. The molecule has 1 unspecified atom stereocenters. The highest BCUT2D eigenvalue weighted by Gasteiger charge is 2.15. The van der Waals surface area contributed by atoms with Crippen LogP contribution in [0.1, 0.15) is 24.3 Å². The van der Waals surface area contributed by atoms with Gasteiger partial charge in [0.15, 0.2) is 0 Å². The number of nitro groups is 1. The average molecular weight is 288 g/mol. The van der Waals surface area contributed by atoms with Gasteiger partial charge in [-0.1, -0.05) is 6.07 Å². The Kier molecular flexibility index (Phi) is 4.84. The third-order valence-electron chi connectivity index (χ3n) is 3.00. The lowest BCUT2D eigenvalue weighted by molar-refractivity contribution is -0.385. The molecule has 1 N–H and O–H groups in total. The first-order chi connectivity index (χ1) is 10.1. The minimum absolute atomic E-state index is 0.0667. The fourth-order valence-electron chi connectivity index (χ4n) is 1.92. The first-order valence-electron chi connectivity index (χ1n) is 6.57. The van der Waals surface area contributed by atoms with Crippen LogP contribution in [-0.4, -0.2) is 21.6 Å². The van der Waals surface area contributed by atoms with Gasteiger partial charge < -0.3 is 9.84 Å². The Morgan fingerprint density at radius 1 is 1.38 bits per heavy atom. The van der Waals surface area contributed by atoms with Crippen LogP contribution in [0, 0.1) is 10.1 Å². The van der Waals surface area contributed by atoms with E-state index in [2.05, 4.69) is 4.98 Å². The van der Waals surface area contributed by atoms with E-state index in [1.54, 1.807) is 13.1 Å². The molecule has 6 heteroatoms. The number of non-ortho nitro benzene ring substituents is 1. The van der Waals surface area contributed by atoms with Crippen molar-refractivity contribution in [3.05, 3.63) is 64.0 Å². The third kappa shape index (κ3) is 4.00. The molecule has 0 amide bonds. The SMILES string of the molecule is CC(O)c1cc([N+](=O)[O-])ccc1OCCc1ccccn1. The van der Waals surface area contributed by atoms with E-state index >= 15 is 0 Å². The molecule has 0 bridgehead atoms. The molecular formula is C15H16N2O4. The molecule has 0 saturated carbocycles. The lowest BCUT2D eigenvalue weighted by Crippen LogP contribution is -2.06. The van der Waals surface area contributed by atoms with Gasteiger partial charge >= 0.3 is 0 Å². The van der Waals surface area contributed by atoms with E-state index in [0.29, 0.717) is 24.3 Å². The summed E-state index contributed by atoms with van der Waals surface area (Å²) in [5.74, 6) is 0.450. The predicted octanol–water partition coefficient (Wildman–Crippen LogP) is 2.66. The Bertz CT molecular complexity index is 614. The summed E-state index contributed by atoms with van der Waals surface area (Å²) in [6.07, 6.45) is 1.49. The van der Waals surface area contributed by atoms with Crippen LogP contribution in [0.4, 0.5) is 5.69 Å². The largest absolute Gasteiger partial charge is 0.493 e. The monoisotopic (exact) mass is 288 g/mol. The van der Waals surface area contributed by atoms with Gasteiger partial charge in [0.25, 0.3) is 5.69 Å². The molecule has 1 atom stereocenters. The Morgan fingerprint density at radius 3 is 2.81 bits per heavy atom. The van der Waals surface area contributed by atoms with Crippen LogP contribution in [-0.2, 0) is 6.42 Å². The molecule has 1 heterocycles. The van der Waals surface area contributed by atoms with E-state index in [1.807, 2.05) is 18.2 Å². The zero-order valence-corrected chi connectivity index (χ0v) is 11.6. The van der Waals surface area contributed by atoms with Crippen LogP contribution < -0.4 is 4.74 Å². The van der Waals surface area contributed by atoms with E-state index in [9.17, 15) is 15.2 Å². The Labute approximate surface area is 122 Å². The van der Waals surface area contributed by atoms with Crippen molar-refractivity contribution in [1.29, 1.82) is 0 Å². The molecule has 0 aliphatic carbocycles. The number of hydrogen-bond acceptors (Lipinski definition) is 5. The van der Waals surface area contributed by atoms with Crippen molar-refractivity contribution in [1.82, 2.24) is 4.98 Å². The van der Waals surface area contributed by atoms with Gasteiger partial charge in [-0.25, -0.2) is 0 Å². The molecule has 1 aromatic carbocycles. The van der Waals surface area contributed by atoms with Crippen molar-refractivity contribution in [3.63, 3.8) is 0 Å². The molecular weight excluding hydrogens is 272 g/mol. The molecule has 2 aromatic rings. The van der Waals surface area contributed by atoms with Gasteiger partial charge in [0.05, 0.1) is 17.6 Å². The molecule has 21 heavy (non-hydrogen) atoms. The lowest BCUT2D eigenvalue weighted by Gasteiger charge is -2.13. The molecule has 0 aliphatic heterocycles. The van der Waals surface area contributed by atoms with Gasteiger partial charge in [0.1, 0.15) is 5.75 Å². The summed E-state index contributed by atoms with van der Waals surface area (Å²) in [6.45, 7) is 1.93. The molecule has 0 radical (unpaired) electrons. The van der Waals surface area contributed by atoms with Crippen molar-refractivity contribution >= 4 is 5.69 Å². The summed E-state index contributed by atoms with van der Waals surface area (Å²) in [5.41, 5.74) is 1.24. The summed E-state index contributed by atoms with van der Waals surface area (Å²) in [4.78, 5) is 14.5. The van der Waals surface area contributed by atoms with Crippen LogP contribution >= 0.6 is 0 Å². The van der Waals surface area contributed by atoms with E-state index in [4.69, 9.17) is 4.74 Å². The Hall–Kier alpha value is -2.47. The van der Waals surface area contributed by atoms with E-state index in [-0.39, 0.29) is 5.69 Å². The Morgan fingerprint density at radius 2 is 2.19 bits per heavy atom. The van der Waals surface area contributed by atoms with Crippen LogP contribution in [0.2, 0.25) is 0 Å². The van der Waals surface area contributed by atoms with Crippen LogP contribution in [0.3, 0.4) is 0 Å². The average Bonchev–Trinajstić information content (AvgIpc) is 2.48. The second-order valence-electron chi connectivity index (χ2n) is 4.57. The van der Waals surface area contributed by atoms with Crippen molar-refractivity contribution in [2.75, 3.05) is 6.61 Å². The number of rotatable bonds is 6. The number of hydrogen-bond donors (Lipinski definition) is 1. The summed E-state index contributed by atoms with van der Waals surface area (Å²) in [6, 6.07) is 9.85. The second-order valence-corrected chi connectivity index (χ2v) is 4.57. The number of pyridine rings is 1. The summed E-state index contributed by atoms with van der Waals surface area (Å²) >= 11 is 0. The van der Waals surface area contributed by atoms with Gasteiger partial charge in [-0.15, -0.1) is 0 Å². The molecule has 0 spiro atoms. The smallest absolute Gasteiger partial charge is 0.270 e. The minimum Gasteiger partial charge on any atom is -0.493 e. The molecule has 0 saturated heterocycles. The number of aliphatic hydroxyl groups excluding tert-OH is 1. The van der Waals surface area contributed by atoms with Crippen molar-refractivity contribution in [3.8, 4) is 5.75 Å².